The number of aromatic nitrogens is 1. The molecule has 0 aliphatic heterocycles. The number of Topliss-reactive ketones (excluding diaryl/α,β-unsaturated/α-hetero) is 1. The topological polar surface area (TPSA) is 20.9 Å². The van der Waals surface area contributed by atoms with Crippen molar-refractivity contribution in [2.24, 2.45) is 0 Å². The fourth-order valence-electron chi connectivity index (χ4n) is 8.35. The molecule has 0 N–H and O–H groups in total. The number of thiol groups is 1. The third-order valence-corrected chi connectivity index (χ3v) is 12.0. The van der Waals surface area contributed by atoms with Gasteiger partial charge in [-0.3, -0.25) is 4.79 Å². The van der Waals surface area contributed by atoms with Crippen molar-refractivity contribution in [2.45, 2.75) is 60.9 Å². The van der Waals surface area contributed by atoms with Crippen LogP contribution in [-0.4, -0.2) is 11.9 Å². The molecule has 6 aromatic carbocycles. The lowest BCUT2D eigenvalue weighted by molar-refractivity contribution is -0.657. The Hall–Kier alpha value is -6.87. The number of alkyl halides is 24. The highest BCUT2D eigenvalue weighted by Gasteiger charge is 2.47. The number of halogens is 24. The van der Waals surface area contributed by atoms with Gasteiger partial charge in [-0.15, -0.1) is 12.6 Å². The molecule has 7 aromatic rings. The minimum atomic E-state index is -6.13. The van der Waals surface area contributed by atoms with Crippen LogP contribution in [0.3, 0.4) is 0 Å². The standard InChI is InChI=1S/C32H12BF24.C17H13NOS/c34-25(35,36)13-1-14(26(37,38)39)6-21(5-13)33(22-7-15(27(40,41)42)2-16(8-22)28(43,44)45,23-9-17(29(46,47)48)3-18(10-23)30(49,50)51)24-11-19(31(52,53)54)4-20(12-24)32(55,56)57;19-17(13-5-2-1-3-6-13)12-18-10-4-7-14-11-15(20)8-9-16(14)18/h1-12H;1-11H,12H2/q-1;/p+1. The summed E-state index contributed by atoms with van der Waals surface area (Å²) in [5.41, 5.74) is -28.4. The smallest absolute Gasteiger partial charge is 0.287 e. The SMILES string of the molecule is FC(F)(F)c1cc([B-](c2cc(C(F)(F)F)cc(C(F)(F)F)c2)(c2cc(C(F)(F)F)cc(C(F)(F)F)c2)c2cc(C(F)(F)F)cc(C(F)(F)F)c2)cc(C(F)(F)F)c1.O=C(C[n+]1cccc2cc(S)ccc21)c1ccccc1. The van der Waals surface area contributed by atoms with E-state index in [0.29, 0.717) is 6.54 Å². The zero-order valence-corrected chi connectivity index (χ0v) is 38.3. The van der Waals surface area contributed by atoms with E-state index in [-0.39, 0.29) is 5.78 Å². The van der Waals surface area contributed by atoms with E-state index in [2.05, 4.69) is 12.6 Å². The number of benzene rings is 6. The molecule has 0 fully saturated rings. The molecule has 7 rings (SSSR count). The fourth-order valence-corrected chi connectivity index (χ4v) is 8.56. The summed E-state index contributed by atoms with van der Waals surface area (Å²) in [5, 5.41) is 1.08. The minimum Gasteiger partial charge on any atom is -0.287 e. The lowest BCUT2D eigenvalue weighted by Gasteiger charge is -2.46. The van der Waals surface area contributed by atoms with Gasteiger partial charge in [-0.05, 0) is 42.5 Å². The Balaban J connectivity index is 0.000000397. The molecule has 0 aliphatic rings. The van der Waals surface area contributed by atoms with Gasteiger partial charge in [0.2, 0.25) is 17.8 Å². The van der Waals surface area contributed by atoms with Crippen LogP contribution in [0, 0.1) is 0 Å². The Kier molecular flexibility index (Phi) is 15.8. The van der Waals surface area contributed by atoms with Crippen molar-refractivity contribution in [2.75, 3.05) is 0 Å². The number of pyridine rings is 1. The van der Waals surface area contributed by atoms with Gasteiger partial charge in [-0.2, -0.15) is 132 Å². The molecular weight excluding hydrogens is 1120 g/mol. The van der Waals surface area contributed by atoms with Crippen molar-refractivity contribution in [1.29, 1.82) is 0 Å². The van der Waals surface area contributed by atoms with Gasteiger partial charge in [0.05, 0.1) is 44.5 Å². The third kappa shape index (κ3) is 13.5. The van der Waals surface area contributed by atoms with Crippen LogP contribution in [-0.2, 0) is 56.0 Å². The van der Waals surface area contributed by atoms with Crippen LogP contribution < -0.4 is 26.4 Å². The number of carbonyl (C=O) groups excluding carboxylic acids is 1. The van der Waals surface area contributed by atoms with Gasteiger partial charge in [0.1, 0.15) is 6.15 Å². The molecule has 77 heavy (non-hydrogen) atoms. The van der Waals surface area contributed by atoms with Crippen LogP contribution in [0.1, 0.15) is 54.9 Å². The predicted molar refractivity (Wildman–Crippen MR) is 232 cm³/mol. The molecule has 1 aromatic heterocycles. The first-order chi connectivity index (χ1) is 35.0. The van der Waals surface area contributed by atoms with E-state index >= 15 is 0 Å². The third-order valence-electron chi connectivity index (χ3n) is 11.7. The second-order valence-corrected chi connectivity index (χ2v) is 17.4. The minimum absolute atomic E-state index is 0.109. The lowest BCUT2D eigenvalue weighted by Crippen LogP contribution is -2.75. The Labute approximate surface area is 421 Å². The molecule has 1 heterocycles. The van der Waals surface area contributed by atoms with E-state index in [1.807, 2.05) is 71.4 Å². The molecule has 0 radical (unpaired) electrons. The second kappa shape index (κ2) is 20.5. The first-order valence-electron chi connectivity index (χ1n) is 21.1. The number of ketones is 1. The molecule has 0 bridgehead atoms. The highest BCUT2D eigenvalue weighted by molar-refractivity contribution is 7.80. The molecule has 0 saturated carbocycles. The van der Waals surface area contributed by atoms with Crippen LogP contribution in [0.5, 0.6) is 0 Å². The highest BCUT2D eigenvalue weighted by Crippen LogP contribution is 2.41. The van der Waals surface area contributed by atoms with Gasteiger partial charge in [0.15, 0.2) is 6.20 Å². The number of carbonyl (C=O) groups is 1. The quantitative estimate of drug-likeness (QED) is 0.0555. The maximum atomic E-state index is 14.2. The normalized spacial score (nSPS) is 13.4. The lowest BCUT2D eigenvalue weighted by atomic mass is 9.12. The summed E-state index contributed by atoms with van der Waals surface area (Å²) in [6.07, 6.45) is -52.9. The Morgan fingerprint density at radius 1 is 0.364 bits per heavy atom. The monoisotopic (exact) mass is 1140 g/mol. The number of fused-ring (bicyclic) bond motifs is 1. The number of rotatable bonds is 7. The Bertz CT molecular complexity index is 2870. The van der Waals surface area contributed by atoms with Crippen molar-refractivity contribution in [3.8, 4) is 0 Å². The van der Waals surface area contributed by atoms with Crippen LogP contribution in [0.2, 0.25) is 0 Å². The van der Waals surface area contributed by atoms with E-state index in [9.17, 15) is 110 Å². The first-order valence-corrected chi connectivity index (χ1v) is 21.5. The zero-order valence-electron chi connectivity index (χ0n) is 37.4. The average Bonchev–Trinajstić information content (AvgIpc) is 3.29. The number of hydrogen-bond donors (Lipinski definition) is 1. The van der Waals surface area contributed by atoms with Gasteiger partial charge in [0, 0.05) is 28.0 Å². The summed E-state index contributed by atoms with van der Waals surface area (Å²) in [7, 11) is 0. The zero-order chi connectivity index (χ0) is 57.9. The van der Waals surface area contributed by atoms with Gasteiger partial charge in [-0.25, -0.2) is 0 Å². The van der Waals surface area contributed by atoms with Crippen molar-refractivity contribution in [1.82, 2.24) is 0 Å². The van der Waals surface area contributed by atoms with Crippen molar-refractivity contribution in [3.05, 3.63) is 190 Å². The Morgan fingerprint density at radius 2 is 0.649 bits per heavy atom. The fraction of sp³-hybridized carbons (Fsp3) is 0.184. The maximum absolute atomic E-state index is 14.2. The maximum Gasteiger partial charge on any atom is 0.416 e. The van der Waals surface area contributed by atoms with E-state index in [1.165, 1.54) is 0 Å². The predicted octanol–water partition coefficient (Wildman–Crippen LogP) is 14.5. The summed E-state index contributed by atoms with van der Waals surface area (Å²) < 4.78 is 343. The van der Waals surface area contributed by atoms with Crippen LogP contribution >= 0.6 is 12.6 Å². The summed E-state index contributed by atoms with van der Waals surface area (Å²) in [6.45, 7) is 0.341. The molecule has 2 nitrogen and oxygen atoms in total. The molecule has 0 unspecified atom stereocenters. The van der Waals surface area contributed by atoms with E-state index in [0.717, 1.165) is 21.4 Å². The van der Waals surface area contributed by atoms with Gasteiger partial charge < -0.3 is 0 Å². The van der Waals surface area contributed by atoms with Crippen molar-refractivity contribution < 1.29 is 115 Å². The van der Waals surface area contributed by atoms with Gasteiger partial charge in [-0.1, -0.05) is 78.9 Å². The van der Waals surface area contributed by atoms with Crippen LogP contribution in [0.15, 0.2) is 145 Å². The number of nitrogens with zero attached hydrogens (tertiary/aromatic N) is 1. The molecular formula is C49H26BF24NOS. The molecule has 0 amide bonds. The van der Waals surface area contributed by atoms with Crippen molar-refractivity contribution >= 4 is 57.3 Å². The molecule has 0 saturated heterocycles. The summed E-state index contributed by atoms with van der Waals surface area (Å²) in [5.74, 6) is 0.109. The van der Waals surface area contributed by atoms with Gasteiger partial charge >= 0.3 is 49.4 Å². The summed E-state index contributed by atoms with van der Waals surface area (Å²) in [4.78, 5) is 13.2. The second-order valence-electron chi connectivity index (χ2n) is 16.9. The number of hydrogen-bond acceptors (Lipinski definition) is 2. The molecule has 0 aliphatic carbocycles. The molecule has 410 valence electrons. The van der Waals surface area contributed by atoms with Crippen molar-refractivity contribution in [3.63, 3.8) is 0 Å². The van der Waals surface area contributed by atoms with E-state index in [1.54, 1.807) is 0 Å². The Morgan fingerprint density at radius 3 is 0.922 bits per heavy atom. The molecule has 28 heteroatoms. The molecule has 0 spiro atoms. The van der Waals surface area contributed by atoms with Crippen LogP contribution in [0.4, 0.5) is 105 Å². The highest BCUT2D eigenvalue weighted by atomic mass is 32.1. The molecule has 0 atom stereocenters. The van der Waals surface area contributed by atoms with E-state index in [4.69, 9.17) is 0 Å². The summed E-state index contributed by atoms with van der Waals surface area (Å²) >= 11 is 4.35. The largest absolute Gasteiger partial charge is 0.416 e. The van der Waals surface area contributed by atoms with E-state index < -0.39 is 195 Å². The summed E-state index contributed by atoms with van der Waals surface area (Å²) in [6, 6.07) is 10.5. The average molecular weight is 1140 g/mol. The van der Waals surface area contributed by atoms with Crippen LogP contribution in [0.25, 0.3) is 10.9 Å². The van der Waals surface area contributed by atoms with Gasteiger partial charge in [0.25, 0.3) is 0 Å². The first kappa shape index (κ1) is 59.4.